The third kappa shape index (κ3) is 2.14. The Bertz CT molecular complexity index is 448. The third-order valence-electron chi connectivity index (χ3n) is 2.46. The van der Waals surface area contributed by atoms with Crippen molar-refractivity contribution >= 4 is 0 Å². The summed E-state index contributed by atoms with van der Waals surface area (Å²) < 4.78 is 5.75. The average molecular weight is 216 g/mol. The summed E-state index contributed by atoms with van der Waals surface area (Å²) in [6.07, 6.45) is 0.872. The molecule has 0 bridgehead atoms. The first kappa shape index (κ1) is 10.9. The summed E-state index contributed by atoms with van der Waals surface area (Å²) in [4.78, 5) is 4.51. The van der Waals surface area contributed by atoms with Crippen molar-refractivity contribution in [3.05, 3.63) is 41.8 Å². The molecule has 0 atom stereocenters. The van der Waals surface area contributed by atoms with Gasteiger partial charge < -0.3 is 9.73 Å². The summed E-state index contributed by atoms with van der Waals surface area (Å²) in [6, 6.07) is 9.98. The Hall–Kier alpha value is -1.61. The van der Waals surface area contributed by atoms with E-state index in [4.69, 9.17) is 4.42 Å². The number of aromatic nitrogens is 1. The Labute approximate surface area is 95.5 Å². The summed E-state index contributed by atoms with van der Waals surface area (Å²) in [6.45, 7) is 2.83. The summed E-state index contributed by atoms with van der Waals surface area (Å²) >= 11 is 0. The van der Waals surface area contributed by atoms with Gasteiger partial charge in [0.1, 0.15) is 5.76 Å². The first-order valence-corrected chi connectivity index (χ1v) is 5.53. The highest BCUT2D eigenvalue weighted by Crippen LogP contribution is 2.22. The van der Waals surface area contributed by atoms with Crippen LogP contribution in [-0.2, 0) is 13.0 Å². The van der Waals surface area contributed by atoms with Crippen LogP contribution in [0.25, 0.3) is 11.5 Å². The molecule has 3 heteroatoms. The Kier molecular flexibility index (Phi) is 3.37. The molecule has 0 aliphatic carbocycles. The molecule has 0 radical (unpaired) electrons. The van der Waals surface area contributed by atoms with Gasteiger partial charge in [0.15, 0.2) is 0 Å². The molecule has 2 aromatic rings. The number of hydrogen-bond donors (Lipinski definition) is 1. The monoisotopic (exact) mass is 216 g/mol. The second-order valence-corrected chi connectivity index (χ2v) is 3.64. The molecule has 16 heavy (non-hydrogen) atoms. The van der Waals surface area contributed by atoms with Crippen molar-refractivity contribution in [2.24, 2.45) is 0 Å². The van der Waals surface area contributed by atoms with Gasteiger partial charge in [0.25, 0.3) is 0 Å². The average Bonchev–Trinajstić information content (AvgIpc) is 2.74. The number of benzene rings is 1. The maximum atomic E-state index is 5.75. The van der Waals surface area contributed by atoms with Crippen LogP contribution < -0.4 is 5.32 Å². The Morgan fingerprint density at radius 1 is 1.25 bits per heavy atom. The highest BCUT2D eigenvalue weighted by Gasteiger charge is 2.11. The topological polar surface area (TPSA) is 38.1 Å². The number of hydrogen-bond acceptors (Lipinski definition) is 3. The smallest absolute Gasteiger partial charge is 0.226 e. The van der Waals surface area contributed by atoms with Crippen LogP contribution >= 0.6 is 0 Å². The van der Waals surface area contributed by atoms with Gasteiger partial charge >= 0.3 is 0 Å². The van der Waals surface area contributed by atoms with Crippen LogP contribution in [0.2, 0.25) is 0 Å². The fraction of sp³-hybridized carbons (Fsp3) is 0.308. The standard InChI is InChI=1S/C13H16N2O/c1-3-12-11(9-14-2)15-13(16-12)10-7-5-4-6-8-10/h4-8,14H,3,9H2,1-2H3. The molecule has 0 amide bonds. The van der Waals surface area contributed by atoms with Crippen molar-refractivity contribution in [1.29, 1.82) is 0 Å². The van der Waals surface area contributed by atoms with E-state index in [1.807, 2.05) is 37.4 Å². The first-order valence-electron chi connectivity index (χ1n) is 5.53. The van der Waals surface area contributed by atoms with Crippen LogP contribution in [0, 0.1) is 0 Å². The number of nitrogens with zero attached hydrogens (tertiary/aromatic N) is 1. The van der Waals surface area contributed by atoms with Crippen LogP contribution in [0.3, 0.4) is 0 Å². The maximum Gasteiger partial charge on any atom is 0.226 e. The van der Waals surface area contributed by atoms with E-state index in [0.29, 0.717) is 5.89 Å². The zero-order valence-corrected chi connectivity index (χ0v) is 9.66. The summed E-state index contributed by atoms with van der Waals surface area (Å²) in [5, 5.41) is 3.10. The quantitative estimate of drug-likeness (QED) is 0.853. The van der Waals surface area contributed by atoms with Crippen molar-refractivity contribution in [1.82, 2.24) is 10.3 Å². The molecular weight excluding hydrogens is 200 g/mol. The van der Waals surface area contributed by atoms with Gasteiger partial charge in [-0.1, -0.05) is 25.1 Å². The minimum atomic E-state index is 0.711. The molecule has 0 saturated heterocycles. The van der Waals surface area contributed by atoms with Crippen molar-refractivity contribution < 1.29 is 4.42 Å². The third-order valence-corrected chi connectivity index (χ3v) is 2.46. The summed E-state index contributed by atoms with van der Waals surface area (Å²) in [5.74, 6) is 1.68. The van der Waals surface area contributed by atoms with Crippen molar-refractivity contribution in [2.45, 2.75) is 19.9 Å². The Balaban J connectivity index is 2.36. The first-order chi connectivity index (χ1) is 7.85. The Morgan fingerprint density at radius 3 is 2.62 bits per heavy atom. The lowest BCUT2D eigenvalue weighted by Gasteiger charge is -1.94. The molecule has 0 aliphatic rings. The lowest BCUT2D eigenvalue weighted by molar-refractivity contribution is 0.519. The largest absolute Gasteiger partial charge is 0.441 e. The second kappa shape index (κ2) is 4.94. The minimum absolute atomic E-state index is 0.711. The number of aryl methyl sites for hydroxylation is 1. The van der Waals surface area contributed by atoms with Crippen molar-refractivity contribution in [3.63, 3.8) is 0 Å². The van der Waals surface area contributed by atoms with Crippen LogP contribution in [0.4, 0.5) is 0 Å². The van der Waals surface area contributed by atoms with Gasteiger partial charge in [-0.15, -0.1) is 0 Å². The van der Waals surface area contributed by atoms with Gasteiger partial charge in [0, 0.05) is 18.5 Å². The molecular formula is C13H16N2O. The molecule has 2 rings (SSSR count). The zero-order chi connectivity index (χ0) is 11.4. The molecule has 0 spiro atoms. The summed E-state index contributed by atoms with van der Waals surface area (Å²) in [7, 11) is 1.91. The number of oxazole rings is 1. The molecule has 84 valence electrons. The predicted octanol–water partition coefficient (Wildman–Crippen LogP) is 2.62. The number of rotatable bonds is 4. The molecule has 1 heterocycles. The van der Waals surface area contributed by atoms with E-state index in [1.54, 1.807) is 0 Å². The molecule has 1 aromatic heterocycles. The minimum Gasteiger partial charge on any atom is -0.441 e. The van der Waals surface area contributed by atoms with E-state index in [2.05, 4.69) is 17.2 Å². The predicted molar refractivity (Wildman–Crippen MR) is 64.1 cm³/mol. The van der Waals surface area contributed by atoms with E-state index in [9.17, 15) is 0 Å². The van der Waals surface area contributed by atoms with Gasteiger partial charge in [0.05, 0.1) is 5.69 Å². The summed E-state index contributed by atoms with van der Waals surface area (Å²) in [5.41, 5.74) is 2.03. The molecule has 0 unspecified atom stereocenters. The molecule has 0 fully saturated rings. The fourth-order valence-electron chi connectivity index (χ4n) is 1.67. The second-order valence-electron chi connectivity index (χ2n) is 3.64. The van der Waals surface area contributed by atoms with Crippen molar-refractivity contribution in [2.75, 3.05) is 7.05 Å². The molecule has 0 saturated carbocycles. The van der Waals surface area contributed by atoms with E-state index in [-0.39, 0.29) is 0 Å². The fourth-order valence-corrected chi connectivity index (χ4v) is 1.67. The highest BCUT2D eigenvalue weighted by atomic mass is 16.4. The SMILES string of the molecule is CCc1oc(-c2ccccc2)nc1CNC. The lowest BCUT2D eigenvalue weighted by atomic mass is 10.2. The molecule has 0 aliphatic heterocycles. The van der Waals surface area contributed by atoms with Crippen LogP contribution in [-0.4, -0.2) is 12.0 Å². The molecule has 1 aromatic carbocycles. The van der Waals surface area contributed by atoms with Crippen LogP contribution in [0.5, 0.6) is 0 Å². The zero-order valence-electron chi connectivity index (χ0n) is 9.66. The normalized spacial score (nSPS) is 10.6. The van der Waals surface area contributed by atoms with Crippen LogP contribution in [0.15, 0.2) is 34.7 Å². The van der Waals surface area contributed by atoms with E-state index >= 15 is 0 Å². The van der Waals surface area contributed by atoms with E-state index in [0.717, 1.165) is 30.0 Å². The van der Waals surface area contributed by atoms with Gasteiger partial charge in [0.2, 0.25) is 5.89 Å². The van der Waals surface area contributed by atoms with E-state index < -0.39 is 0 Å². The van der Waals surface area contributed by atoms with E-state index in [1.165, 1.54) is 0 Å². The van der Waals surface area contributed by atoms with Gasteiger partial charge in [-0.25, -0.2) is 4.98 Å². The van der Waals surface area contributed by atoms with Crippen molar-refractivity contribution in [3.8, 4) is 11.5 Å². The van der Waals surface area contributed by atoms with Crippen LogP contribution in [0.1, 0.15) is 18.4 Å². The molecule has 1 N–H and O–H groups in total. The van der Waals surface area contributed by atoms with Gasteiger partial charge in [-0.3, -0.25) is 0 Å². The van der Waals surface area contributed by atoms with Gasteiger partial charge in [-0.2, -0.15) is 0 Å². The molecule has 3 nitrogen and oxygen atoms in total. The highest BCUT2D eigenvalue weighted by molar-refractivity contribution is 5.53. The number of nitrogens with one attached hydrogen (secondary N) is 1. The van der Waals surface area contributed by atoms with Gasteiger partial charge in [-0.05, 0) is 19.2 Å². The maximum absolute atomic E-state index is 5.75. The lowest BCUT2D eigenvalue weighted by Crippen LogP contribution is -2.07. The Morgan fingerprint density at radius 2 is 2.00 bits per heavy atom.